The van der Waals surface area contributed by atoms with E-state index >= 15 is 0 Å². The molecule has 2 aromatic heterocycles. The van der Waals surface area contributed by atoms with Crippen molar-refractivity contribution in [2.75, 3.05) is 13.1 Å². The van der Waals surface area contributed by atoms with Crippen molar-refractivity contribution in [3.63, 3.8) is 0 Å². The molecule has 0 N–H and O–H groups in total. The van der Waals surface area contributed by atoms with Gasteiger partial charge >= 0.3 is 6.18 Å². The maximum absolute atomic E-state index is 14.3. The van der Waals surface area contributed by atoms with Gasteiger partial charge in [0.25, 0.3) is 5.91 Å². The van der Waals surface area contributed by atoms with Gasteiger partial charge in [-0.1, -0.05) is 0 Å². The van der Waals surface area contributed by atoms with Crippen LogP contribution in [0.3, 0.4) is 0 Å². The Morgan fingerprint density at radius 2 is 1.88 bits per heavy atom. The van der Waals surface area contributed by atoms with Crippen LogP contribution in [0.5, 0.6) is 0 Å². The van der Waals surface area contributed by atoms with Crippen molar-refractivity contribution in [1.29, 1.82) is 5.26 Å². The molecule has 10 heteroatoms. The highest BCUT2D eigenvalue weighted by atomic mass is 19.4. The van der Waals surface area contributed by atoms with Crippen molar-refractivity contribution < 1.29 is 22.4 Å². The third-order valence-electron chi connectivity index (χ3n) is 6.01. The number of pyridine rings is 1. The molecule has 3 heterocycles. The Hall–Kier alpha value is -3.87. The SMILES string of the molecule is N#CC1(Cc2cc(C(F)(F)F)ccc2F)CCN(C(=O)c2cccnc2-c2ccncn2)CC1. The first-order valence-corrected chi connectivity index (χ1v) is 10.5. The van der Waals surface area contributed by atoms with Gasteiger partial charge in [-0.25, -0.2) is 14.4 Å². The van der Waals surface area contributed by atoms with E-state index < -0.39 is 23.0 Å². The highest BCUT2D eigenvalue weighted by molar-refractivity contribution is 5.99. The largest absolute Gasteiger partial charge is 0.416 e. The van der Waals surface area contributed by atoms with E-state index in [0.29, 0.717) is 23.0 Å². The monoisotopic (exact) mass is 469 g/mol. The lowest BCUT2D eigenvalue weighted by molar-refractivity contribution is -0.137. The fourth-order valence-electron chi connectivity index (χ4n) is 4.10. The lowest BCUT2D eigenvalue weighted by atomic mass is 9.74. The van der Waals surface area contributed by atoms with Gasteiger partial charge in [-0.15, -0.1) is 0 Å². The number of aromatic nitrogens is 3. The molecular weight excluding hydrogens is 450 g/mol. The van der Waals surface area contributed by atoms with Crippen molar-refractivity contribution in [2.24, 2.45) is 5.41 Å². The van der Waals surface area contributed by atoms with Crippen LogP contribution in [0.1, 0.15) is 34.3 Å². The Labute approximate surface area is 192 Å². The zero-order valence-electron chi connectivity index (χ0n) is 17.9. The molecular formula is C24H19F4N5O. The number of likely N-dealkylation sites (tertiary alicyclic amines) is 1. The van der Waals surface area contributed by atoms with Crippen LogP contribution in [0.15, 0.2) is 55.1 Å². The van der Waals surface area contributed by atoms with Gasteiger partial charge < -0.3 is 4.90 Å². The highest BCUT2D eigenvalue weighted by Crippen LogP contribution is 2.38. The molecule has 0 radical (unpaired) electrons. The molecule has 3 aromatic rings. The van der Waals surface area contributed by atoms with Crippen molar-refractivity contribution in [3.05, 3.63) is 77.6 Å². The summed E-state index contributed by atoms with van der Waals surface area (Å²) in [5.74, 6) is -1.08. The van der Waals surface area contributed by atoms with Gasteiger partial charge in [0.15, 0.2) is 0 Å². The number of nitriles is 1. The number of hydrogen-bond donors (Lipinski definition) is 0. The summed E-state index contributed by atoms with van der Waals surface area (Å²) in [6.07, 6.45) is 0.0774. The Morgan fingerprint density at radius 1 is 1.12 bits per heavy atom. The number of hydrogen-bond acceptors (Lipinski definition) is 5. The summed E-state index contributed by atoms with van der Waals surface area (Å²) in [4.78, 5) is 27.1. The summed E-state index contributed by atoms with van der Waals surface area (Å²) in [6.45, 7) is 0.399. The standard InChI is InChI=1S/C24H19F4N5O/c25-19-4-3-17(24(26,27)28)12-16(19)13-23(14-29)6-10-33(11-7-23)22(34)18-2-1-8-31-21(18)20-5-9-30-15-32-20/h1-5,8-9,12,15H,6-7,10-11,13H2. The van der Waals surface area contributed by atoms with Crippen LogP contribution in [0.2, 0.25) is 0 Å². The molecule has 6 nitrogen and oxygen atoms in total. The molecule has 34 heavy (non-hydrogen) atoms. The topological polar surface area (TPSA) is 82.8 Å². The summed E-state index contributed by atoms with van der Waals surface area (Å²) in [7, 11) is 0. The first kappa shape index (κ1) is 23.3. The number of alkyl halides is 3. The predicted octanol–water partition coefficient (Wildman–Crippen LogP) is 4.69. The number of piperidine rings is 1. The van der Waals surface area contributed by atoms with Crippen molar-refractivity contribution >= 4 is 5.91 Å². The molecule has 1 fully saturated rings. The second-order valence-electron chi connectivity index (χ2n) is 8.16. The molecule has 1 amide bonds. The minimum Gasteiger partial charge on any atom is -0.338 e. The molecule has 0 unspecified atom stereocenters. The van der Waals surface area contributed by atoms with E-state index in [1.807, 2.05) is 0 Å². The Morgan fingerprint density at radius 3 is 2.53 bits per heavy atom. The summed E-state index contributed by atoms with van der Waals surface area (Å²) in [5.41, 5.74) is -0.963. The van der Waals surface area contributed by atoms with E-state index in [-0.39, 0.29) is 43.8 Å². The normalized spacial score (nSPS) is 15.6. The van der Waals surface area contributed by atoms with E-state index in [1.54, 1.807) is 35.5 Å². The zero-order valence-corrected chi connectivity index (χ0v) is 17.9. The maximum Gasteiger partial charge on any atom is 0.416 e. The average molecular weight is 469 g/mol. The lowest BCUT2D eigenvalue weighted by Crippen LogP contribution is -2.43. The van der Waals surface area contributed by atoms with Crippen LogP contribution in [0.4, 0.5) is 17.6 Å². The van der Waals surface area contributed by atoms with E-state index in [1.165, 1.54) is 6.33 Å². The van der Waals surface area contributed by atoms with Gasteiger partial charge in [-0.2, -0.15) is 18.4 Å². The smallest absolute Gasteiger partial charge is 0.338 e. The number of carbonyl (C=O) groups is 1. The minimum absolute atomic E-state index is 0.158. The molecule has 0 aliphatic carbocycles. The van der Waals surface area contributed by atoms with Gasteiger partial charge in [-0.05, 0) is 61.2 Å². The third-order valence-corrected chi connectivity index (χ3v) is 6.01. The molecule has 174 valence electrons. The summed E-state index contributed by atoms with van der Waals surface area (Å²) >= 11 is 0. The van der Waals surface area contributed by atoms with Gasteiger partial charge in [0.05, 0.1) is 28.3 Å². The first-order valence-electron chi connectivity index (χ1n) is 10.5. The molecule has 1 aromatic carbocycles. The van der Waals surface area contributed by atoms with Gasteiger partial charge in [0.1, 0.15) is 17.8 Å². The highest BCUT2D eigenvalue weighted by Gasteiger charge is 2.38. The molecule has 1 saturated heterocycles. The number of halogens is 4. The number of amides is 1. The molecule has 0 atom stereocenters. The van der Waals surface area contributed by atoms with Crippen LogP contribution in [-0.2, 0) is 12.6 Å². The van der Waals surface area contributed by atoms with Crippen LogP contribution in [-0.4, -0.2) is 38.8 Å². The lowest BCUT2D eigenvalue weighted by Gasteiger charge is -2.37. The average Bonchev–Trinajstić information content (AvgIpc) is 2.85. The summed E-state index contributed by atoms with van der Waals surface area (Å²) < 4.78 is 53.5. The van der Waals surface area contributed by atoms with Crippen LogP contribution in [0.25, 0.3) is 11.4 Å². The van der Waals surface area contributed by atoms with E-state index in [9.17, 15) is 27.6 Å². The Bertz CT molecular complexity index is 1230. The number of nitrogens with zero attached hydrogens (tertiary/aromatic N) is 5. The van der Waals surface area contributed by atoms with E-state index in [0.717, 1.165) is 12.1 Å². The van der Waals surface area contributed by atoms with E-state index in [2.05, 4.69) is 21.0 Å². The number of carbonyl (C=O) groups excluding carboxylic acids is 1. The van der Waals surface area contributed by atoms with Crippen molar-refractivity contribution in [2.45, 2.75) is 25.4 Å². The number of benzene rings is 1. The maximum atomic E-state index is 14.3. The van der Waals surface area contributed by atoms with Gasteiger partial charge in [0, 0.05) is 25.5 Å². The van der Waals surface area contributed by atoms with Crippen molar-refractivity contribution in [3.8, 4) is 17.5 Å². The molecule has 4 rings (SSSR count). The minimum atomic E-state index is -4.61. The molecule has 0 saturated carbocycles. The Balaban J connectivity index is 1.52. The quantitative estimate of drug-likeness (QED) is 0.518. The third kappa shape index (κ3) is 4.73. The summed E-state index contributed by atoms with van der Waals surface area (Å²) in [6, 6.07) is 9.30. The zero-order chi connectivity index (χ0) is 24.3. The fourth-order valence-corrected chi connectivity index (χ4v) is 4.10. The summed E-state index contributed by atoms with van der Waals surface area (Å²) in [5, 5.41) is 9.84. The number of rotatable bonds is 4. The van der Waals surface area contributed by atoms with Crippen LogP contribution in [0, 0.1) is 22.6 Å². The van der Waals surface area contributed by atoms with Gasteiger partial charge in [-0.3, -0.25) is 9.78 Å². The Kier molecular flexibility index (Phi) is 6.28. The second-order valence-corrected chi connectivity index (χ2v) is 8.16. The molecule has 0 spiro atoms. The molecule has 0 bridgehead atoms. The molecule has 1 aliphatic rings. The predicted molar refractivity (Wildman–Crippen MR) is 114 cm³/mol. The molecule has 1 aliphatic heterocycles. The second kappa shape index (κ2) is 9.17. The van der Waals surface area contributed by atoms with Crippen molar-refractivity contribution in [1.82, 2.24) is 19.9 Å². The van der Waals surface area contributed by atoms with E-state index in [4.69, 9.17) is 0 Å². The fraction of sp³-hybridized carbons (Fsp3) is 0.292. The van der Waals surface area contributed by atoms with Gasteiger partial charge in [0.2, 0.25) is 0 Å². The van der Waals surface area contributed by atoms with Crippen LogP contribution >= 0.6 is 0 Å². The van der Waals surface area contributed by atoms with Crippen LogP contribution < -0.4 is 0 Å². The first-order chi connectivity index (χ1) is 16.2.